The Hall–Kier alpha value is -2.60. The molecule has 0 aliphatic rings. The monoisotopic (exact) mass is 484 g/mol. The van der Waals surface area contributed by atoms with Crippen LogP contribution >= 0.6 is 12.6 Å². The Morgan fingerprint density at radius 1 is 1.09 bits per heavy atom. The number of imidazole rings is 1. The third kappa shape index (κ3) is 9.42. The molecule has 0 spiro atoms. The number of thiol groups is 1. The van der Waals surface area contributed by atoms with E-state index in [0.29, 0.717) is 18.5 Å². The third-order valence-electron chi connectivity index (χ3n) is 5.27. The van der Waals surface area contributed by atoms with Gasteiger partial charge >= 0.3 is 5.97 Å². The number of hydrogen-bond acceptors (Lipinski definition) is 7. The Bertz CT molecular complexity index is 788. The van der Waals surface area contributed by atoms with Crippen LogP contribution < -0.4 is 21.7 Å². The van der Waals surface area contributed by atoms with Gasteiger partial charge in [-0.15, -0.1) is 0 Å². The van der Waals surface area contributed by atoms with E-state index in [1.54, 1.807) is 6.92 Å². The predicted molar refractivity (Wildman–Crippen MR) is 126 cm³/mol. The van der Waals surface area contributed by atoms with Crippen LogP contribution in [0.25, 0.3) is 0 Å². The van der Waals surface area contributed by atoms with E-state index in [1.165, 1.54) is 12.5 Å². The summed E-state index contributed by atoms with van der Waals surface area (Å²) >= 11 is 4.14. The molecule has 186 valence electrons. The lowest BCUT2D eigenvalue weighted by Gasteiger charge is -2.26. The van der Waals surface area contributed by atoms with Crippen molar-refractivity contribution < 1.29 is 24.3 Å². The Morgan fingerprint density at radius 2 is 1.70 bits per heavy atom. The zero-order chi connectivity index (χ0) is 25.1. The Balaban J connectivity index is 2.97. The molecule has 3 amide bonds. The van der Waals surface area contributed by atoms with Gasteiger partial charge in [0.05, 0.1) is 12.4 Å². The summed E-state index contributed by atoms with van der Waals surface area (Å²) in [4.78, 5) is 56.6. The molecule has 0 fully saturated rings. The minimum Gasteiger partial charge on any atom is -0.480 e. The number of amides is 3. The summed E-state index contributed by atoms with van der Waals surface area (Å²) < 4.78 is 0. The van der Waals surface area contributed by atoms with Crippen LogP contribution in [-0.2, 0) is 25.6 Å². The van der Waals surface area contributed by atoms with Crippen LogP contribution in [0.4, 0.5) is 0 Å². The first-order chi connectivity index (χ1) is 15.5. The number of aromatic nitrogens is 2. The van der Waals surface area contributed by atoms with Crippen LogP contribution in [0.5, 0.6) is 0 Å². The summed E-state index contributed by atoms with van der Waals surface area (Å²) in [5.41, 5.74) is 6.45. The Morgan fingerprint density at radius 3 is 2.18 bits per heavy atom. The molecule has 0 saturated heterocycles. The predicted octanol–water partition coefficient (Wildman–Crippen LogP) is -0.159. The fourth-order valence-electron chi connectivity index (χ4n) is 3.12. The van der Waals surface area contributed by atoms with Crippen LogP contribution in [0, 0.1) is 11.8 Å². The summed E-state index contributed by atoms with van der Waals surface area (Å²) in [6, 6.07) is -4.03. The largest absolute Gasteiger partial charge is 0.480 e. The molecule has 33 heavy (non-hydrogen) atoms. The lowest BCUT2D eigenvalue weighted by molar-refractivity contribution is -0.143. The summed E-state index contributed by atoms with van der Waals surface area (Å²) in [5, 5.41) is 17.2. The van der Waals surface area contributed by atoms with Gasteiger partial charge in [0.25, 0.3) is 0 Å². The summed E-state index contributed by atoms with van der Waals surface area (Å²) in [5.74, 6) is -3.09. The van der Waals surface area contributed by atoms with Gasteiger partial charge in [-0.25, -0.2) is 9.78 Å². The maximum Gasteiger partial charge on any atom is 0.326 e. The quantitative estimate of drug-likeness (QED) is 0.179. The van der Waals surface area contributed by atoms with E-state index in [0.717, 1.165) is 0 Å². The number of carbonyl (C=O) groups excluding carboxylic acids is 3. The van der Waals surface area contributed by atoms with Gasteiger partial charge in [0, 0.05) is 24.1 Å². The molecule has 0 aromatic carbocycles. The number of hydrogen-bond donors (Lipinski definition) is 7. The van der Waals surface area contributed by atoms with E-state index in [4.69, 9.17) is 5.73 Å². The molecule has 12 heteroatoms. The van der Waals surface area contributed by atoms with Crippen LogP contribution in [0.3, 0.4) is 0 Å². The van der Waals surface area contributed by atoms with E-state index in [2.05, 4.69) is 38.5 Å². The van der Waals surface area contributed by atoms with Gasteiger partial charge in [-0.2, -0.15) is 12.6 Å². The van der Waals surface area contributed by atoms with E-state index < -0.39 is 47.9 Å². The van der Waals surface area contributed by atoms with Crippen molar-refractivity contribution in [2.45, 2.75) is 71.1 Å². The number of nitrogens with one attached hydrogen (secondary N) is 4. The molecular formula is C21H36N6O5S. The van der Waals surface area contributed by atoms with Crippen molar-refractivity contribution in [3.8, 4) is 0 Å². The van der Waals surface area contributed by atoms with E-state index >= 15 is 0 Å². The number of nitrogens with two attached hydrogens (primary N) is 1. The average molecular weight is 485 g/mol. The zero-order valence-corrected chi connectivity index (χ0v) is 20.4. The lowest BCUT2D eigenvalue weighted by Crippen LogP contribution is -2.58. The van der Waals surface area contributed by atoms with Gasteiger partial charge < -0.3 is 31.8 Å². The molecule has 0 radical (unpaired) electrons. The van der Waals surface area contributed by atoms with Gasteiger partial charge in [-0.3, -0.25) is 14.4 Å². The third-order valence-corrected chi connectivity index (χ3v) is 5.63. The fraction of sp³-hybridized carbons (Fsp3) is 0.667. The van der Waals surface area contributed by atoms with Crippen molar-refractivity contribution in [1.82, 2.24) is 25.9 Å². The van der Waals surface area contributed by atoms with Crippen molar-refractivity contribution in [2.75, 3.05) is 5.75 Å². The van der Waals surface area contributed by atoms with Crippen molar-refractivity contribution in [1.29, 1.82) is 0 Å². The van der Waals surface area contributed by atoms with Crippen molar-refractivity contribution in [3.63, 3.8) is 0 Å². The summed E-state index contributed by atoms with van der Waals surface area (Å²) in [7, 11) is 0. The minimum absolute atomic E-state index is 0.0189. The van der Waals surface area contributed by atoms with Crippen LogP contribution in [0.15, 0.2) is 12.5 Å². The topological polar surface area (TPSA) is 179 Å². The molecule has 5 unspecified atom stereocenters. The molecule has 1 heterocycles. The lowest BCUT2D eigenvalue weighted by atomic mass is 9.98. The summed E-state index contributed by atoms with van der Waals surface area (Å²) in [6.07, 6.45) is 3.96. The first-order valence-corrected chi connectivity index (χ1v) is 11.6. The van der Waals surface area contributed by atoms with Gasteiger partial charge in [0.15, 0.2) is 0 Å². The molecule has 0 saturated carbocycles. The minimum atomic E-state index is -1.16. The number of carboxylic acids is 1. The van der Waals surface area contributed by atoms with E-state index in [-0.39, 0.29) is 24.0 Å². The highest BCUT2D eigenvalue weighted by molar-refractivity contribution is 7.80. The van der Waals surface area contributed by atoms with Gasteiger partial charge in [0.2, 0.25) is 17.7 Å². The fourth-order valence-corrected chi connectivity index (χ4v) is 3.38. The Kier molecular flexibility index (Phi) is 11.9. The van der Waals surface area contributed by atoms with Gasteiger partial charge in [0.1, 0.15) is 18.1 Å². The summed E-state index contributed by atoms with van der Waals surface area (Å²) in [6.45, 7) is 7.39. The highest BCUT2D eigenvalue weighted by Gasteiger charge is 2.32. The maximum atomic E-state index is 13.0. The smallest absolute Gasteiger partial charge is 0.326 e. The highest BCUT2D eigenvalue weighted by Crippen LogP contribution is 2.09. The van der Waals surface area contributed by atoms with Crippen molar-refractivity contribution >= 4 is 36.3 Å². The zero-order valence-electron chi connectivity index (χ0n) is 19.5. The highest BCUT2D eigenvalue weighted by atomic mass is 32.1. The van der Waals surface area contributed by atoms with Crippen LogP contribution in [0.1, 0.15) is 46.2 Å². The first-order valence-electron chi connectivity index (χ1n) is 11.0. The number of rotatable bonds is 14. The number of aromatic amines is 1. The average Bonchev–Trinajstić information content (AvgIpc) is 3.26. The first kappa shape index (κ1) is 28.4. The molecule has 1 aromatic rings. The number of H-pyrrole nitrogens is 1. The second kappa shape index (κ2) is 13.8. The van der Waals surface area contributed by atoms with E-state index in [1.807, 2.05) is 20.8 Å². The molecule has 0 aliphatic carbocycles. The van der Waals surface area contributed by atoms with Gasteiger partial charge in [-0.1, -0.05) is 34.1 Å². The number of carbonyl (C=O) groups is 4. The molecular weight excluding hydrogens is 448 g/mol. The van der Waals surface area contributed by atoms with E-state index in [9.17, 15) is 24.3 Å². The number of aliphatic carboxylic acids is 1. The molecule has 1 aromatic heterocycles. The number of carboxylic acid groups (broad SMARTS) is 1. The van der Waals surface area contributed by atoms with Crippen LogP contribution in [0.2, 0.25) is 0 Å². The standard InChI is InChI=1S/C21H36N6O5S/c1-5-12(4)17(21(31)32)27-19(29)15(7-13-8-23-10-24-13)25-20(30)16(9-33)26-18(28)14(22)6-11(2)3/h8,10-12,14-17,33H,5-7,9,22H2,1-4H3,(H,23,24)(H,25,30)(H,26,28)(H,27,29)(H,31,32). The Labute approximate surface area is 199 Å². The van der Waals surface area contributed by atoms with Gasteiger partial charge in [-0.05, 0) is 18.3 Å². The van der Waals surface area contributed by atoms with Crippen LogP contribution in [-0.4, -0.2) is 68.7 Å². The van der Waals surface area contributed by atoms with Crippen molar-refractivity contribution in [3.05, 3.63) is 18.2 Å². The number of nitrogens with zero attached hydrogens (tertiary/aromatic N) is 1. The molecule has 5 atom stereocenters. The molecule has 7 N–H and O–H groups in total. The normalized spacial score (nSPS) is 15.7. The molecule has 0 bridgehead atoms. The maximum absolute atomic E-state index is 13.0. The molecule has 11 nitrogen and oxygen atoms in total. The molecule has 0 aliphatic heterocycles. The second-order valence-electron chi connectivity index (χ2n) is 8.53. The SMILES string of the molecule is CCC(C)C(NC(=O)C(Cc1cnc[nH]1)NC(=O)C(CS)NC(=O)C(N)CC(C)C)C(=O)O. The second-order valence-corrected chi connectivity index (χ2v) is 8.90. The van der Waals surface area contributed by atoms with Crippen molar-refractivity contribution in [2.24, 2.45) is 17.6 Å². The molecule has 1 rings (SSSR count).